The van der Waals surface area contributed by atoms with Gasteiger partial charge in [0.15, 0.2) is 0 Å². The minimum atomic E-state index is -0.334. The van der Waals surface area contributed by atoms with Crippen LogP contribution < -0.4 is 5.43 Å². The standard InChI is InChI=1S/C13H11FN2OS/c1-9-5-6-12(18-9)13(17)16-15-8-10-3-2-4-11(14)7-10/h2-8H,1H3,(H,16,17). The number of nitrogens with zero attached hydrogens (tertiary/aromatic N) is 1. The smallest absolute Gasteiger partial charge is 0.266 e. The molecule has 0 fully saturated rings. The van der Waals surface area contributed by atoms with Crippen molar-refractivity contribution >= 4 is 23.5 Å². The van der Waals surface area contributed by atoms with Crippen LogP contribution in [0, 0.1) is 12.7 Å². The van der Waals surface area contributed by atoms with Gasteiger partial charge in [-0.3, -0.25) is 4.79 Å². The molecule has 0 bridgehead atoms. The zero-order chi connectivity index (χ0) is 13.0. The van der Waals surface area contributed by atoms with Gasteiger partial charge < -0.3 is 0 Å². The summed E-state index contributed by atoms with van der Waals surface area (Å²) in [6, 6.07) is 9.59. The number of hydrazone groups is 1. The normalized spacial score (nSPS) is 10.8. The highest BCUT2D eigenvalue weighted by molar-refractivity contribution is 7.13. The van der Waals surface area contributed by atoms with Crippen LogP contribution >= 0.6 is 11.3 Å². The van der Waals surface area contributed by atoms with Crippen LogP contribution in [0.25, 0.3) is 0 Å². The van der Waals surface area contributed by atoms with E-state index in [0.29, 0.717) is 10.4 Å². The van der Waals surface area contributed by atoms with E-state index < -0.39 is 0 Å². The molecule has 0 radical (unpaired) electrons. The number of hydrogen-bond donors (Lipinski definition) is 1. The van der Waals surface area contributed by atoms with Crippen molar-refractivity contribution in [1.29, 1.82) is 0 Å². The van der Waals surface area contributed by atoms with Crippen molar-refractivity contribution in [3.8, 4) is 0 Å². The molecular formula is C13H11FN2OS. The Morgan fingerprint density at radius 2 is 2.22 bits per heavy atom. The molecule has 1 N–H and O–H groups in total. The molecule has 1 heterocycles. The highest BCUT2D eigenvalue weighted by Crippen LogP contribution is 2.14. The number of benzene rings is 1. The second kappa shape index (κ2) is 5.55. The van der Waals surface area contributed by atoms with Gasteiger partial charge in [0.1, 0.15) is 5.82 Å². The van der Waals surface area contributed by atoms with E-state index in [4.69, 9.17) is 0 Å². The fourth-order valence-corrected chi connectivity index (χ4v) is 2.12. The molecule has 0 atom stereocenters. The van der Waals surface area contributed by atoms with E-state index in [1.54, 1.807) is 18.2 Å². The highest BCUT2D eigenvalue weighted by Gasteiger charge is 2.05. The number of carbonyl (C=O) groups excluding carboxylic acids is 1. The molecule has 5 heteroatoms. The van der Waals surface area contributed by atoms with Crippen LogP contribution in [0.2, 0.25) is 0 Å². The highest BCUT2D eigenvalue weighted by atomic mass is 32.1. The predicted molar refractivity (Wildman–Crippen MR) is 70.5 cm³/mol. The van der Waals surface area contributed by atoms with Gasteiger partial charge in [0.05, 0.1) is 11.1 Å². The van der Waals surface area contributed by atoms with Crippen molar-refractivity contribution in [2.45, 2.75) is 6.92 Å². The van der Waals surface area contributed by atoms with Crippen molar-refractivity contribution in [2.75, 3.05) is 0 Å². The molecule has 92 valence electrons. The molecule has 0 spiro atoms. The molecule has 0 unspecified atom stereocenters. The van der Waals surface area contributed by atoms with Crippen LogP contribution in [0.3, 0.4) is 0 Å². The number of hydrogen-bond acceptors (Lipinski definition) is 3. The van der Waals surface area contributed by atoms with E-state index in [2.05, 4.69) is 10.5 Å². The molecule has 2 rings (SSSR count). The molecular weight excluding hydrogens is 251 g/mol. The van der Waals surface area contributed by atoms with Gasteiger partial charge >= 0.3 is 0 Å². The number of carbonyl (C=O) groups is 1. The topological polar surface area (TPSA) is 41.5 Å². The van der Waals surface area contributed by atoms with Crippen LogP contribution in [0.5, 0.6) is 0 Å². The average molecular weight is 262 g/mol. The summed E-state index contributed by atoms with van der Waals surface area (Å²) in [6.07, 6.45) is 1.40. The SMILES string of the molecule is Cc1ccc(C(=O)NN=Cc2cccc(F)c2)s1. The van der Waals surface area contributed by atoms with Gasteiger partial charge in [0.2, 0.25) is 0 Å². The summed E-state index contributed by atoms with van der Waals surface area (Å²) in [5.74, 6) is -0.597. The van der Waals surface area contributed by atoms with Crippen molar-refractivity contribution in [2.24, 2.45) is 5.10 Å². The summed E-state index contributed by atoms with van der Waals surface area (Å²) in [5, 5.41) is 3.78. The third-order valence-electron chi connectivity index (χ3n) is 2.19. The zero-order valence-corrected chi connectivity index (χ0v) is 10.5. The first-order valence-corrected chi connectivity index (χ1v) is 6.12. The molecule has 1 aromatic carbocycles. The summed E-state index contributed by atoms with van der Waals surface area (Å²) in [7, 11) is 0. The van der Waals surface area contributed by atoms with Gasteiger partial charge in [-0.15, -0.1) is 11.3 Å². The number of thiophene rings is 1. The maximum atomic E-state index is 12.9. The Labute approximate surface area is 108 Å². The molecule has 3 nitrogen and oxygen atoms in total. The quantitative estimate of drug-likeness (QED) is 0.670. The average Bonchev–Trinajstić information content (AvgIpc) is 2.76. The van der Waals surface area contributed by atoms with Crippen molar-refractivity contribution in [3.63, 3.8) is 0 Å². The van der Waals surface area contributed by atoms with Crippen molar-refractivity contribution in [3.05, 3.63) is 57.5 Å². The first kappa shape index (κ1) is 12.4. The van der Waals surface area contributed by atoms with E-state index in [9.17, 15) is 9.18 Å². The van der Waals surface area contributed by atoms with Crippen molar-refractivity contribution in [1.82, 2.24) is 5.43 Å². The largest absolute Gasteiger partial charge is 0.281 e. The first-order chi connectivity index (χ1) is 8.65. The van der Waals surface area contributed by atoms with Crippen LogP contribution in [0.1, 0.15) is 20.1 Å². The zero-order valence-electron chi connectivity index (χ0n) is 9.68. The van der Waals surface area contributed by atoms with Crippen molar-refractivity contribution < 1.29 is 9.18 Å². The molecule has 0 saturated heterocycles. The second-order valence-corrected chi connectivity index (χ2v) is 4.95. The minimum absolute atomic E-state index is 0.263. The third kappa shape index (κ3) is 3.24. The Morgan fingerprint density at radius 3 is 2.89 bits per heavy atom. The molecule has 1 aromatic heterocycles. The Morgan fingerprint density at radius 1 is 1.39 bits per heavy atom. The van der Waals surface area contributed by atoms with Gasteiger partial charge in [0.25, 0.3) is 5.91 Å². The lowest BCUT2D eigenvalue weighted by Gasteiger charge is -1.96. The molecule has 0 saturated carbocycles. The maximum Gasteiger partial charge on any atom is 0.281 e. The molecule has 0 aliphatic carbocycles. The van der Waals surface area contributed by atoms with E-state index >= 15 is 0 Å². The minimum Gasteiger partial charge on any atom is -0.266 e. The molecule has 0 aliphatic heterocycles. The van der Waals surface area contributed by atoms with Crippen LogP contribution in [0.15, 0.2) is 41.5 Å². The van der Waals surface area contributed by atoms with Crippen LogP contribution in [-0.4, -0.2) is 12.1 Å². The Kier molecular flexibility index (Phi) is 3.84. The fraction of sp³-hybridized carbons (Fsp3) is 0.0769. The van der Waals surface area contributed by atoms with Gasteiger partial charge in [-0.2, -0.15) is 5.10 Å². The third-order valence-corrected chi connectivity index (χ3v) is 3.19. The lowest BCUT2D eigenvalue weighted by Crippen LogP contribution is -2.16. The van der Waals surface area contributed by atoms with E-state index in [1.165, 1.54) is 29.7 Å². The Balaban J connectivity index is 1.97. The number of rotatable bonds is 3. The summed E-state index contributed by atoms with van der Waals surface area (Å²) < 4.78 is 12.9. The lowest BCUT2D eigenvalue weighted by molar-refractivity contribution is 0.0959. The Bertz CT molecular complexity index is 592. The van der Waals surface area contributed by atoms with Gasteiger partial charge in [0, 0.05) is 4.88 Å². The molecule has 18 heavy (non-hydrogen) atoms. The van der Waals surface area contributed by atoms with E-state index in [-0.39, 0.29) is 11.7 Å². The summed E-state index contributed by atoms with van der Waals surface area (Å²) in [4.78, 5) is 13.3. The molecule has 1 amide bonds. The molecule has 2 aromatic rings. The summed E-state index contributed by atoms with van der Waals surface area (Å²) in [6.45, 7) is 1.93. The number of aryl methyl sites for hydroxylation is 1. The lowest BCUT2D eigenvalue weighted by atomic mass is 10.2. The summed E-state index contributed by atoms with van der Waals surface area (Å²) in [5.41, 5.74) is 2.99. The van der Waals surface area contributed by atoms with Gasteiger partial charge in [-0.25, -0.2) is 9.82 Å². The summed E-state index contributed by atoms with van der Waals surface area (Å²) >= 11 is 1.40. The number of amides is 1. The maximum absolute atomic E-state index is 12.9. The Hall–Kier alpha value is -2.01. The van der Waals surface area contributed by atoms with Crippen LogP contribution in [-0.2, 0) is 0 Å². The number of nitrogens with one attached hydrogen (secondary N) is 1. The van der Waals surface area contributed by atoms with Gasteiger partial charge in [-0.1, -0.05) is 12.1 Å². The second-order valence-electron chi connectivity index (χ2n) is 3.66. The monoisotopic (exact) mass is 262 g/mol. The molecule has 0 aliphatic rings. The van der Waals surface area contributed by atoms with E-state index in [0.717, 1.165) is 4.88 Å². The van der Waals surface area contributed by atoms with E-state index in [1.807, 2.05) is 13.0 Å². The number of halogens is 1. The fourth-order valence-electron chi connectivity index (χ4n) is 1.36. The van der Waals surface area contributed by atoms with Gasteiger partial charge in [-0.05, 0) is 36.8 Å². The predicted octanol–water partition coefficient (Wildman–Crippen LogP) is 2.96. The van der Waals surface area contributed by atoms with Crippen LogP contribution in [0.4, 0.5) is 4.39 Å². The first-order valence-electron chi connectivity index (χ1n) is 5.30.